The van der Waals surface area contributed by atoms with E-state index in [0.717, 1.165) is 16.6 Å². The van der Waals surface area contributed by atoms with Gasteiger partial charge in [0.15, 0.2) is 0 Å². The zero-order chi connectivity index (χ0) is 45.1. The summed E-state index contributed by atoms with van der Waals surface area (Å²) >= 11 is 0. The number of benzene rings is 8. The van der Waals surface area contributed by atoms with Crippen molar-refractivity contribution in [3.63, 3.8) is 0 Å². The Morgan fingerprint density at radius 1 is 0.485 bits per heavy atom. The van der Waals surface area contributed by atoms with E-state index in [0.29, 0.717) is 0 Å². The molecule has 66 heavy (non-hydrogen) atoms. The van der Waals surface area contributed by atoms with Crippen LogP contribution < -0.4 is 15.7 Å². The molecule has 0 spiro atoms. The summed E-state index contributed by atoms with van der Waals surface area (Å²) in [5, 5.41) is 5.00. The van der Waals surface area contributed by atoms with Crippen molar-refractivity contribution in [3.8, 4) is 39.1 Å². The van der Waals surface area contributed by atoms with E-state index in [9.17, 15) is 0 Å². The van der Waals surface area contributed by atoms with Gasteiger partial charge in [0.05, 0.1) is 11.0 Å². The predicted molar refractivity (Wildman–Crippen MR) is 280 cm³/mol. The van der Waals surface area contributed by atoms with Crippen molar-refractivity contribution in [3.05, 3.63) is 173 Å². The Balaban J connectivity index is 1.16. The molecule has 10 aromatic rings. The summed E-state index contributed by atoms with van der Waals surface area (Å²) in [6, 6.07) is 54.3. The summed E-state index contributed by atoms with van der Waals surface area (Å²) < 4.78 is 9.50. The molecule has 2 aliphatic carbocycles. The highest BCUT2D eigenvalue weighted by Gasteiger charge is 2.47. The molecule has 0 saturated heterocycles. The quantitative estimate of drug-likeness (QED) is 0.153. The van der Waals surface area contributed by atoms with Crippen molar-refractivity contribution in [2.24, 2.45) is 0 Å². The van der Waals surface area contributed by atoms with Gasteiger partial charge in [-0.05, 0) is 131 Å². The average Bonchev–Trinajstić information content (AvgIpc) is 3.97. The fraction of sp³-hybridized carbons (Fsp3) is 0.226. The normalized spacial score (nSPS) is 15.9. The van der Waals surface area contributed by atoms with Crippen LogP contribution in [-0.2, 0) is 21.7 Å². The largest absolute Gasteiger partial charge is 0.456 e. The molecule has 4 aliphatic rings. The van der Waals surface area contributed by atoms with Crippen LogP contribution in [0.1, 0.15) is 103 Å². The lowest BCUT2D eigenvalue weighted by atomic mass is 9.43. The molecule has 2 aliphatic heterocycles. The lowest BCUT2D eigenvalue weighted by Crippen LogP contribution is -2.60. The number of nitrogens with zero attached hydrogens (tertiary/aromatic N) is 2. The van der Waals surface area contributed by atoms with Gasteiger partial charge in [-0.3, -0.25) is 0 Å². The van der Waals surface area contributed by atoms with Crippen LogP contribution in [0.3, 0.4) is 0 Å². The second-order valence-electron chi connectivity index (χ2n) is 22.9. The summed E-state index contributed by atoms with van der Waals surface area (Å²) in [5.74, 6) is 0. The number of aromatic nitrogens is 1. The first kappa shape index (κ1) is 38.5. The van der Waals surface area contributed by atoms with E-state index in [1.807, 2.05) is 0 Å². The highest BCUT2D eigenvalue weighted by molar-refractivity contribution is 6.93. The molecule has 14 rings (SSSR count). The summed E-state index contributed by atoms with van der Waals surface area (Å²) in [6.07, 6.45) is 0. The molecule has 0 unspecified atom stereocenters. The Bertz CT molecular complexity index is 3840. The Morgan fingerprint density at radius 2 is 1.15 bits per heavy atom. The summed E-state index contributed by atoms with van der Waals surface area (Å²) in [4.78, 5) is 2.69. The van der Waals surface area contributed by atoms with Crippen molar-refractivity contribution >= 4 is 72.9 Å². The van der Waals surface area contributed by atoms with Gasteiger partial charge in [0.2, 0.25) is 0 Å². The number of furan rings is 1. The third kappa shape index (κ3) is 4.70. The minimum Gasteiger partial charge on any atom is -0.456 e. The highest BCUT2D eigenvalue weighted by atomic mass is 16.3. The topological polar surface area (TPSA) is 21.3 Å². The third-order valence-corrected chi connectivity index (χ3v) is 16.5. The van der Waals surface area contributed by atoms with Crippen LogP contribution in [0, 0.1) is 0 Å². The molecule has 3 nitrogen and oxygen atoms in total. The van der Waals surface area contributed by atoms with Crippen molar-refractivity contribution < 1.29 is 4.42 Å². The average molecular weight is 853 g/mol. The molecule has 0 fully saturated rings. The van der Waals surface area contributed by atoms with Gasteiger partial charge in [-0.1, -0.05) is 160 Å². The third-order valence-electron chi connectivity index (χ3n) is 16.5. The molecule has 0 atom stereocenters. The second-order valence-corrected chi connectivity index (χ2v) is 22.9. The van der Waals surface area contributed by atoms with Crippen LogP contribution >= 0.6 is 0 Å². The molecule has 0 amide bonds. The summed E-state index contributed by atoms with van der Waals surface area (Å²) in [7, 11) is 0. The lowest BCUT2D eigenvalue weighted by Gasteiger charge is -2.42. The molecular weight excluding hydrogens is 800 g/mol. The Hall–Kier alpha value is -6.78. The first-order valence-electron chi connectivity index (χ1n) is 24.0. The van der Waals surface area contributed by atoms with E-state index in [4.69, 9.17) is 4.42 Å². The molecule has 320 valence electrons. The van der Waals surface area contributed by atoms with Crippen molar-refractivity contribution in [2.75, 3.05) is 4.81 Å². The van der Waals surface area contributed by atoms with Crippen LogP contribution in [-0.4, -0.2) is 11.4 Å². The van der Waals surface area contributed by atoms with Gasteiger partial charge in [-0.25, -0.2) is 0 Å². The van der Waals surface area contributed by atoms with E-state index in [-0.39, 0.29) is 28.5 Å². The van der Waals surface area contributed by atoms with Gasteiger partial charge < -0.3 is 13.8 Å². The van der Waals surface area contributed by atoms with Crippen molar-refractivity contribution in [2.45, 2.75) is 90.9 Å². The molecule has 2 aromatic heterocycles. The maximum atomic E-state index is 6.83. The first-order chi connectivity index (χ1) is 31.5. The smallest absolute Gasteiger partial charge is 0.333 e. The van der Waals surface area contributed by atoms with Gasteiger partial charge in [0.25, 0.3) is 0 Å². The molecular formula is C62H53BN2O. The van der Waals surface area contributed by atoms with Crippen LogP contribution in [0.4, 0.5) is 11.4 Å². The standard InChI is InChI=1S/C62H53BN2O/c1-59(2,3)34-19-22-36(23-20-34)65-51-31-44-43-29-35(60(4,5)6)21-28-53(43)66-54(44)32-42(51)38-24-25-40-56-50(27-26-47-55(56)39-16-12-14-18-46(39)61(47,7)8)64-52-33-48-41(30-49(52)63(65)57(38)58(40)64)37-15-11-13-17-45(37)62(48,9)10/h11-33H,1-10H3. The molecule has 0 radical (unpaired) electrons. The van der Waals surface area contributed by atoms with Crippen molar-refractivity contribution in [1.29, 1.82) is 0 Å². The van der Waals surface area contributed by atoms with Gasteiger partial charge in [0, 0.05) is 55.0 Å². The Kier molecular flexibility index (Phi) is 7.09. The van der Waals surface area contributed by atoms with Gasteiger partial charge in [-0.2, -0.15) is 0 Å². The minimum absolute atomic E-state index is 0.00674. The van der Waals surface area contributed by atoms with E-state index >= 15 is 0 Å². The van der Waals surface area contributed by atoms with E-state index in [1.54, 1.807) is 0 Å². The fourth-order valence-corrected chi connectivity index (χ4v) is 13.0. The summed E-state index contributed by atoms with van der Waals surface area (Å²) in [5.41, 5.74) is 26.7. The zero-order valence-electron chi connectivity index (χ0n) is 39.7. The first-order valence-corrected chi connectivity index (χ1v) is 24.0. The zero-order valence-corrected chi connectivity index (χ0v) is 39.7. The van der Waals surface area contributed by atoms with E-state index in [1.165, 1.54) is 122 Å². The highest BCUT2D eigenvalue weighted by Crippen LogP contribution is 2.56. The van der Waals surface area contributed by atoms with Gasteiger partial charge in [0.1, 0.15) is 11.2 Å². The predicted octanol–water partition coefficient (Wildman–Crippen LogP) is 15.1. The molecule has 0 bridgehead atoms. The molecule has 8 aromatic carbocycles. The molecule has 4 heteroatoms. The van der Waals surface area contributed by atoms with Crippen LogP contribution in [0.25, 0.3) is 82.8 Å². The van der Waals surface area contributed by atoms with Crippen LogP contribution in [0.5, 0.6) is 0 Å². The van der Waals surface area contributed by atoms with Crippen LogP contribution in [0.2, 0.25) is 0 Å². The van der Waals surface area contributed by atoms with Crippen molar-refractivity contribution in [1.82, 2.24) is 4.57 Å². The second kappa shape index (κ2) is 12.2. The minimum atomic E-state index is -0.156. The summed E-state index contributed by atoms with van der Waals surface area (Å²) in [6.45, 7) is 23.3. The molecule has 0 N–H and O–H groups in total. The maximum Gasteiger partial charge on any atom is 0.333 e. The number of anilines is 2. The van der Waals surface area contributed by atoms with Crippen LogP contribution in [0.15, 0.2) is 144 Å². The van der Waals surface area contributed by atoms with E-state index in [2.05, 4.69) is 218 Å². The number of hydrogen-bond acceptors (Lipinski definition) is 2. The van der Waals surface area contributed by atoms with Gasteiger partial charge >= 0.3 is 6.85 Å². The SMILES string of the molecule is CC(C)(C)c1ccc(N2B3c4cc5c(cc4-n4c6ccc7c(c6c6ccc(c3c64)-c3cc4oc6ccc(C(C)(C)C)cc6c4cc32)-c2ccccc2C7(C)C)C(C)(C)c2ccccc2-5)cc1. The molecule has 0 saturated carbocycles. The number of fused-ring (bicyclic) bond motifs is 18. The number of rotatable bonds is 1. The molecule has 4 heterocycles. The fourth-order valence-electron chi connectivity index (χ4n) is 13.0. The number of hydrogen-bond donors (Lipinski definition) is 0. The monoisotopic (exact) mass is 852 g/mol. The van der Waals surface area contributed by atoms with E-state index < -0.39 is 0 Å². The Labute approximate surface area is 387 Å². The van der Waals surface area contributed by atoms with Gasteiger partial charge in [-0.15, -0.1) is 0 Å². The lowest BCUT2D eigenvalue weighted by molar-refractivity contribution is 0.590. The Morgan fingerprint density at radius 3 is 1.89 bits per heavy atom. The maximum absolute atomic E-state index is 6.83.